The molecule has 5 rings (SSSR count). The van der Waals surface area contributed by atoms with Crippen LogP contribution < -0.4 is 16.0 Å². The van der Waals surface area contributed by atoms with Crippen molar-refractivity contribution in [3.63, 3.8) is 0 Å². The highest BCUT2D eigenvalue weighted by Gasteiger charge is 2.41. The molecule has 0 radical (unpaired) electrons. The van der Waals surface area contributed by atoms with E-state index in [1.807, 2.05) is 0 Å². The number of fused-ring (bicyclic) bond motifs is 2. The van der Waals surface area contributed by atoms with Gasteiger partial charge in [-0.1, -0.05) is 29.8 Å². The van der Waals surface area contributed by atoms with Crippen molar-refractivity contribution in [1.29, 1.82) is 0 Å². The molecule has 0 aliphatic carbocycles. The molecule has 0 saturated carbocycles. The van der Waals surface area contributed by atoms with Crippen LogP contribution in [0.3, 0.4) is 0 Å². The Bertz CT molecular complexity index is 1360. The molecule has 250 valence electrons. The third-order valence-electron chi connectivity index (χ3n) is 9.21. The number of anilines is 1. The van der Waals surface area contributed by atoms with Crippen LogP contribution in [0.2, 0.25) is 5.02 Å². The maximum Gasteiger partial charge on any atom is 0.405 e. The van der Waals surface area contributed by atoms with Gasteiger partial charge in [0.05, 0.1) is 5.75 Å². The number of hydrogen-bond donors (Lipinski definition) is 8. The Kier molecular flexibility index (Phi) is 10.9. The first-order valence-electron chi connectivity index (χ1n) is 15.2. The number of carbonyl (C=O) groups is 2. The van der Waals surface area contributed by atoms with E-state index in [4.69, 9.17) is 11.6 Å². The number of halogens is 2. The highest BCUT2D eigenvalue weighted by atomic mass is 35.5. The minimum Gasteiger partial charge on any atom is -0.465 e. The van der Waals surface area contributed by atoms with Crippen LogP contribution >= 0.6 is 33.0 Å². The van der Waals surface area contributed by atoms with Gasteiger partial charge in [0.15, 0.2) is 0 Å². The Morgan fingerprint density at radius 3 is 2.44 bits per heavy atom. The average Bonchev–Trinajstić information content (AvgIpc) is 3.09. The molecular formula is C30H42ClFN4O7S2. The zero-order valence-electron chi connectivity index (χ0n) is 24.8. The van der Waals surface area contributed by atoms with Gasteiger partial charge in [0.1, 0.15) is 11.9 Å². The van der Waals surface area contributed by atoms with Crippen LogP contribution in [0, 0.1) is 11.7 Å². The van der Waals surface area contributed by atoms with Crippen LogP contribution in [0.25, 0.3) is 0 Å². The van der Waals surface area contributed by atoms with E-state index < -0.39 is 51.1 Å². The van der Waals surface area contributed by atoms with Crippen molar-refractivity contribution in [2.45, 2.75) is 62.6 Å². The lowest BCUT2D eigenvalue weighted by molar-refractivity contribution is -0.119. The predicted octanol–water partition coefficient (Wildman–Crippen LogP) is 6.03. The molecule has 0 spiro atoms. The Morgan fingerprint density at radius 2 is 1.76 bits per heavy atom. The van der Waals surface area contributed by atoms with Gasteiger partial charge in [-0.3, -0.25) is 23.0 Å². The van der Waals surface area contributed by atoms with Crippen molar-refractivity contribution in [2.24, 2.45) is 5.92 Å². The van der Waals surface area contributed by atoms with Crippen molar-refractivity contribution < 1.29 is 37.3 Å². The van der Waals surface area contributed by atoms with Gasteiger partial charge in [0, 0.05) is 58.9 Å². The van der Waals surface area contributed by atoms with E-state index in [0.717, 1.165) is 6.42 Å². The fraction of sp³-hybridized carbons (Fsp3) is 0.533. The lowest BCUT2D eigenvalue weighted by Crippen LogP contribution is -2.55. The average molecular weight is 689 g/mol. The zero-order chi connectivity index (χ0) is 32.4. The van der Waals surface area contributed by atoms with Gasteiger partial charge in [0.2, 0.25) is 5.91 Å². The molecule has 2 unspecified atom stereocenters. The number of carboxylic acid groups (broad SMARTS) is 1. The molecule has 2 aromatic rings. The Labute approximate surface area is 270 Å². The first-order valence-corrected chi connectivity index (χ1v) is 19.1. The van der Waals surface area contributed by atoms with Gasteiger partial charge in [-0.25, -0.2) is 13.5 Å². The largest absolute Gasteiger partial charge is 0.465 e. The molecule has 2 aromatic carbocycles. The number of carbonyl (C=O) groups excluding carboxylic acids is 1. The maximum atomic E-state index is 15.3. The summed E-state index contributed by atoms with van der Waals surface area (Å²) < 4.78 is 59.1. The fourth-order valence-corrected chi connectivity index (χ4v) is 10.4. The normalized spacial score (nSPS) is 27.3. The van der Waals surface area contributed by atoms with Crippen LogP contribution in [0.5, 0.6) is 0 Å². The Balaban J connectivity index is 1.39. The number of amides is 2. The van der Waals surface area contributed by atoms with E-state index in [1.165, 1.54) is 12.1 Å². The molecule has 45 heavy (non-hydrogen) atoms. The number of hydrogen-bond acceptors (Lipinski definition) is 8. The summed E-state index contributed by atoms with van der Waals surface area (Å²) >= 11 is 6.12. The van der Waals surface area contributed by atoms with Gasteiger partial charge in [-0.15, -0.1) is 10.8 Å². The summed E-state index contributed by atoms with van der Waals surface area (Å²) in [6.07, 6.45) is 1.50. The summed E-state index contributed by atoms with van der Waals surface area (Å²) in [7, 11) is -5.67. The second-order valence-corrected chi connectivity index (χ2v) is 17.2. The molecule has 0 aromatic heterocycles. The summed E-state index contributed by atoms with van der Waals surface area (Å²) in [6, 6.07) is 9.73. The first-order chi connectivity index (χ1) is 21.3. The molecule has 2 amide bonds. The smallest absolute Gasteiger partial charge is 0.405 e. The number of nitrogens with zero attached hydrogens (tertiary/aromatic N) is 1. The van der Waals surface area contributed by atoms with E-state index in [9.17, 15) is 32.9 Å². The molecular weight excluding hydrogens is 647 g/mol. The summed E-state index contributed by atoms with van der Waals surface area (Å²) in [5.74, 6) is -1.53. The van der Waals surface area contributed by atoms with Gasteiger partial charge in [0.25, 0.3) is 0 Å². The van der Waals surface area contributed by atoms with E-state index in [1.54, 1.807) is 34.6 Å². The summed E-state index contributed by atoms with van der Waals surface area (Å²) in [4.78, 5) is 26.0. The highest BCUT2D eigenvalue weighted by molar-refractivity contribution is 8.24. The molecule has 3 saturated heterocycles. The molecule has 15 heteroatoms. The highest BCUT2D eigenvalue weighted by Crippen LogP contribution is 2.50. The molecule has 3 heterocycles. The minimum atomic E-state index is -2.94. The molecule has 3 aliphatic rings. The second-order valence-electron chi connectivity index (χ2n) is 12.2. The molecule has 11 nitrogen and oxygen atoms in total. The molecule has 5 atom stereocenters. The second kappa shape index (κ2) is 14.3. The first kappa shape index (κ1) is 34.2. The fourth-order valence-electron chi connectivity index (χ4n) is 6.88. The van der Waals surface area contributed by atoms with Crippen LogP contribution in [0.1, 0.15) is 49.1 Å². The summed E-state index contributed by atoms with van der Waals surface area (Å²) in [6.45, 7) is 1.02. The van der Waals surface area contributed by atoms with Crippen LogP contribution in [0.15, 0.2) is 42.5 Å². The monoisotopic (exact) mass is 688 g/mol. The van der Waals surface area contributed by atoms with Gasteiger partial charge in [-0.05, 0) is 74.3 Å². The molecule has 2 bridgehead atoms. The third kappa shape index (κ3) is 8.42. The third-order valence-corrected chi connectivity index (χ3v) is 13.3. The van der Waals surface area contributed by atoms with E-state index >= 15 is 4.39 Å². The number of rotatable bonds is 9. The quantitative estimate of drug-likeness (QED) is 0.156. The van der Waals surface area contributed by atoms with Gasteiger partial charge >= 0.3 is 6.09 Å². The van der Waals surface area contributed by atoms with Crippen molar-refractivity contribution in [2.75, 3.05) is 35.7 Å². The number of nitrogens with one attached hydrogen (secondary N) is 3. The van der Waals surface area contributed by atoms with Crippen molar-refractivity contribution >= 4 is 50.7 Å². The van der Waals surface area contributed by atoms with E-state index in [2.05, 4.69) is 16.0 Å². The summed E-state index contributed by atoms with van der Waals surface area (Å²) in [5.41, 5.74) is 1.10. The predicted molar refractivity (Wildman–Crippen MR) is 177 cm³/mol. The van der Waals surface area contributed by atoms with Crippen LogP contribution in [-0.4, -0.2) is 88.1 Å². The van der Waals surface area contributed by atoms with Crippen molar-refractivity contribution in [3.05, 3.63) is 64.4 Å². The Hall–Kier alpha value is -2.14. The number of piperazine rings is 1. The molecule has 3 aliphatic heterocycles. The molecule has 3 fully saturated rings. The number of benzene rings is 2. The topological polar surface area (TPSA) is 175 Å². The maximum absolute atomic E-state index is 15.3. The van der Waals surface area contributed by atoms with E-state index in [0.29, 0.717) is 55.1 Å². The summed E-state index contributed by atoms with van der Waals surface area (Å²) in [5, 5.41) is 18.9. The minimum absolute atomic E-state index is 0.148. The van der Waals surface area contributed by atoms with Crippen molar-refractivity contribution in [3.8, 4) is 0 Å². The lowest BCUT2D eigenvalue weighted by Gasteiger charge is -2.49. The standard InChI is InChI=1S/C30H42ClFN4O7S2/c31-21-8-6-19(7-9-21)27(20-12-15-44(40,41)16-13-20)28(35-30(38)39)29(37)34-26-5-1-4-25(32)24(26)11-10-23-17-33-22-3-2-14-45(42,43)36(23)18-22/h1,4-9,20,22-23,27-28,33,35,40-43H,2-3,10-18H2,(H,34,37)(H,38,39)/t22?,23-,27-,28-/m0/s1. The lowest BCUT2D eigenvalue weighted by atomic mass is 9.77. The van der Waals surface area contributed by atoms with Gasteiger partial charge < -0.3 is 21.1 Å². The van der Waals surface area contributed by atoms with Crippen LogP contribution in [0.4, 0.5) is 14.9 Å². The SMILES string of the molecule is O=C(O)N[C@H](C(=O)Nc1cccc(F)c1CC[C@H]1CNC2CCCS(O)(O)N1C2)[C@@H](c1ccc(Cl)cc1)C1CCS(O)(O)CC1. The van der Waals surface area contributed by atoms with Crippen molar-refractivity contribution in [1.82, 2.24) is 14.9 Å². The Morgan fingerprint density at radius 1 is 1.04 bits per heavy atom. The van der Waals surface area contributed by atoms with Crippen LogP contribution in [-0.2, 0) is 11.2 Å². The van der Waals surface area contributed by atoms with E-state index in [-0.39, 0.29) is 47.2 Å². The zero-order valence-corrected chi connectivity index (χ0v) is 27.2. The molecule has 8 N–H and O–H groups in total. The van der Waals surface area contributed by atoms with Gasteiger partial charge in [-0.2, -0.15) is 10.6 Å².